The van der Waals surface area contributed by atoms with Gasteiger partial charge in [0.05, 0.1) is 11.6 Å². The van der Waals surface area contributed by atoms with Crippen molar-refractivity contribution in [3.05, 3.63) is 58.1 Å². The van der Waals surface area contributed by atoms with Crippen LogP contribution in [0.1, 0.15) is 6.42 Å². The number of anilines is 2. The lowest BCUT2D eigenvalue weighted by molar-refractivity contribution is -0.122. The van der Waals surface area contributed by atoms with Gasteiger partial charge in [-0.1, -0.05) is 23.2 Å². The molecule has 0 aliphatic carbocycles. The van der Waals surface area contributed by atoms with E-state index in [1.807, 2.05) is 0 Å². The van der Waals surface area contributed by atoms with Crippen molar-refractivity contribution in [3.63, 3.8) is 0 Å². The predicted octanol–water partition coefficient (Wildman–Crippen LogP) is 4.26. The summed E-state index contributed by atoms with van der Waals surface area (Å²) in [6.07, 6.45) is -0.0725. The minimum Gasteiger partial charge on any atom is -0.326 e. The first-order valence-electron chi connectivity index (χ1n) is 7.36. The van der Waals surface area contributed by atoms with E-state index >= 15 is 0 Å². The van der Waals surface area contributed by atoms with Gasteiger partial charge in [-0.05, 0) is 30.3 Å². The summed E-state index contributed by atoms with van der Waals surface area (Å²) in [6, 6.07) is 7.52. The lowest BCUT2D eigenvalue weighted by Crippen LogP contribution is -2.28. The van der Waals surface area contributed by atoms with E-state index in [0.29, 0.717) is 21.8 Å². The van der Waals surface area contributed by atoms with Crippen LogP contribution in [0.5, 0.6) is 0 Å². The Hall–Kier alpha value is -2.18. The predicted molar refractivity (Wildman–Crippen MR) is 91.9 cm³/mol. The molecular formula is C17H12Cl2F2N2O2. The summed E-state index contributed by atoms with van der Waals surface area (Å²) in [5.74, 6) is -3.07. The number of nitrogens with zero attached hydrogens (tertiary/aromatic N) is 1. The Morgan fingerprint density at radius 2 is 1.80 bits per heavy atom. The average Bonchev–Trinajstić information content (AvgIpc) is 2.88. The molecule has 1 aliphatic rings. The van der Waals surface area contributed by atoms with E-state index in [-0.39, 0.29) is 18.7 Å². The van der Waals surface area contributed by atoms with Crippen LogP contribution in [-0.2, 0) is 9.59 Å². The number of hydrogen-bond donors (Lipinski definition) is 1. The first-order valence-corrected chi connectivity index (χ1v) is 8.11. The molecule has 1 saturated heterocycles. The van der Waals surface area contributed by atoms with Crippen LogP contribution >= 0.6 is 23.2 Å². The Kier molecular flexibility index (Phi) is 4.92. The first-order chi connectivity index (χ1) is 11.8. The molecule has 0 bridgehead atoms. The van der Waals surface area contributed by atoms with E-state index in [9.17, 15) is 18.4 Å². The van der Waals surface area contributed by atoms with Crippen molar-refractivity contribution in [2.75, 3.05) is 16.8 Å². The van der Waals surface area contributed by atoms with Crippen LogP contribution < -0.4 is 10.2 Å². The lowest BCUT2D eigenvalue weighted by Gasteiger charge is -2.17. The molecule has 2 aromatic rings. The van der Waals surface area contributed by atoms with Crippen LogP contribution in [0.25, 0.3) is 0 Å². The van der Waals surface area contributed by atoms with Crippen molar-refractivity contribution in [2.45, 2.75) is 6.42 Å². The molecule has 1 heterocycles. The fourth-order valence-corrected chi connectivity index (χ4v) is 3.21. The zero-order valence-electron chi connectivity index (χ0n) is 12.7. The average molecular weight is 385 g/mol. The smallest absolute Gasteiger partial charge is 0.229 e. The summed E-state index contributed by atoms with van der Waals surface area (Å²) in [6.45, 7) is 0.00150. The van der Waals surface area contributed by atoms with E-state index < -0.39 is 29.4 Å². The maximum absolute atomic E-state index is 13.9. The van der Waals surface area contributed by atoms with Gasteiger partial charge < -0.3 is 10.2 Å². The van der Waals surface area contributed by atoms with Crippen LogP contribution in [0.4, 0.5) is 20.2 Å². The van der Waals surface area contributed by atoms with Crippen molar-refractivity contribution >= 4 is 46.4 Å². The van der Waals surface area contributed by atoms with Gasteiger partial charge in [0.25, 0.3) is 0 Å². The Bertz CT molecular complexity index is 840. The summed E-state index contributed by atoms with van der Waals surface area (Å²) in [5.41, 5.74) is 0.355. The highest BCUT2D eigenvalue weighted by atomic mass is 35.5. The van der Waals surface area contributed by atoms with E-state index in [4.69, 9.17) is 23.2 Å². The van der Waals surface area contributed by atoms with Gasteiger partial charge in [0.1, 0.15) is 11.6 Å². The number of amides is 2. The molecule has 0 aromatic heterocycles. The van der Waals surface area contributed by atoms with Crippen LogP contribution in [0, 0.1) is 17.6 Å². The van der Waals surface area contributed by atoms with Crippen LogP contribution in [0.15, 0.2) is 36.4 Å². The number of carbonyl (C=O) groups excluding carboxylic acids is 2. The van der Waals surface area contributed by atoms with Gasteiger partial charge >= 0.3 is 0 Å². The molecule has 1 N–H and O–H groups in total. The molecule has 130 valence electrons. The fraction of sp³-hybridized carbons (Fsp3) is 0.176. The van der Waals surface area contributed by atoms with Gasteiger partial charge in [-0.25, -0.2) is 8.78 Å². The molecule has 1 fully saturated rings. The lowest BCUT2D eigenvalue weighted by atomic mass is 10.1. The number of halogens is 4. The number of carbonyl (C=O) groups is 2. The fourth-order valence-electron chi connectivity index (χ4n) is 2.69. The van der Waals surface area contributed by atoms with Crippen LogP contribution in [-0.4, -0.2) is 18.4 Å². The molecule has 25 heavy (non-hydrogen) atoms. The molecule has 4 nitrogen and oxygen atoms in total. The molecule has 1 atom stereocenters. The summed E-state index contributed by atoms with van der Waals surface area (Å²) in [4.78, 5) is 25.6. The second kappa shape index (κ2) is 6.98. The minimum absolute atomic E-state index is 0.00150. The highest BCUT2D eigenvalue weighted by Gasteiger charge is 2.36. The van der Waals surface area contributed by atoms with Crippen molar-refractivity contribution in [2.24, 2.45) is 5.92 Å². The molecule has 0 saturated carbocycles. The molecule has 0 radical (unpaired) electrons. The molecule has 2 aromatic carbocycles. The summed E-state index contributed by atoms with van der Waals surface area (Å²) in [5, 5.41) is 3.36. The number of benzene rings is 2. The molecule has 2 amide bonds. The van der Waals surface area contributed by atoms with Crippen molar-refractivity contribution in [1.29, 1.82) is 0 Å². The quantitative estimate of drug-likeness (QED) is 0.858. The van der Waals surface area contributed by atoms with E-state index in [0.717, 1.165) is 11.0 Å². The standard InChI is InChI=1S/C17H12Cl2F2N2O2/c18-10-4-11(19)6-13(5-10)22-17(25)9-3-16(24)23(8-9)15-2-1-12(20)7-14(15)21/h1-2,4-7,9H,3,8H2,(H,22,25). The molecule has 3 rings (SSSR count). The third kappa shape index (κ3) is 3.91. The Balaban J connectivity index is 1.74. The van der Waals surface area contributed by atoms with Crippen molar-refractivity contribution < 1.29 is 18.4 Å². The highest BCUT2D eigenvalue weighted by molar-refractivity contribution is 6.35. The van der Waals surface area contributed by atoms with Gasteiger partial charge in [-0.3, -0.25) is 9.59 Å². The van der Waals surface area contributed by atoms with Crippen LogP contribution in [0.2, 0.25) is 10.0 Å². The monoisotopic (exact) mass is 384 g/mol. The highest BCUT2D eigenvalue weighted by Crippen LogP contribution is 2.29. The third-order valence-electron chi connectivity index (χ3n) is 3.83. The number of hydrogen-bond acceptors (Lipinski definition) is 2. The maximum Gasteiger partial charge on any atom is 0.229 e. The minimum atomic E-state index is -0.851. The van der Waals surface area contributed by atoms with E-state index in [1.165, 1.54) is 24.3 Å². The van der Waals surface area contributed by atoms with Gasteiger partial charge in [-0.2, -0.15) is 0 Å². The Labute approximate surface area is 152 Å². The van der Waals surface area contributed by atoms with E-state index in [1.54, 1.807) is 0 Å². The second-order valence-electron chi connectivity index (χ2n) is 5.65. The third-order valence-corrected chi connectivity index (χ3v) is 4.26. The maximum atomic E-state index is 13.9. The normalized spacial score (nSPS) is 17.0. The second-order valence-corrected chi connectivity index (χ2v) is 6.52. The zero-order valence-corrected chi connectivity index (χ0v) is 14.2. The first kappa shape index (κ1) is 17.6. The Morgan fingerprint density at radius 3 is 2.44 bits per heavy atom. The largest absolute Gasteiger partial charge is 0.326 e. The summed E-state index contributed by atoms with van der Waals surface area (Å²) < 4.78 is 26.9. The zero-order chi connectivity index (χ0) is 18.1. The molecular weight excluding hydrogens is 373 g/mol. The van der Waals surface area contributed by atoms with Gasteiger partial charge in [-0.15, -0.1) is 0 Å². The SMILES string of the molecule is O=C(Nc1cc(Cl)cc(Cl)c1)C1CC(=O)N(c2ccc(F)cc2F)C1. The van der Waals surface area contributed by atoms with Crippen molar-refractivity contribution in [1.82, 2.24) is 0 Å². The van der Waals surface area contributed by atoms with Gasteiger partial charge in [0, 0.05) is 34.8 Å². The summed E-state index contributed by atoms with van der Waals surface area (Å²) in [7, 11) is 0. The molecule has 0 spiro atoms. The molecule has 1 unspecified atom stereocenters. The molecule has 1 aliphatic heterocycles. The van der Waals surface area contributed by atoms with Crippen LogP contribution in [0.3, 0.4) is 0 Å². The van der Waals surface area contributed by atoms with Gasteiger partial charge in [0.15, 0.2) is 0 Å². The van der Waals surface area contributed by atoms with Gasteiger partial charge in [0.2, 0.25) is 11.8 Å². The van der Waals surface area contributed by atoms with Crippen molar-refractivity contribution in [3.8, 4) is 0 Å². The van der Waals surface area contributed by atoms with E-state index in [2.05, 4.69) is 5.32 Å². The molecule has 8 heteroatoms. The number of nitrogens with one attached hydrogen (secondary N) is 1. The number of rotatable bonds is 3. The summed E-state index contributed by atoms with van der Waals surface area (Å²) >= 11 is 11.8. The topological polar surface area (TPSA) is 49.4 Å². The Morgan fingerprint density at radius 1 is 1.12 bits per heavy atom.